The molecule has 1 aliphatic rings. The molecule has 1 saturated heterocycles. The van der Waals surface area contributed by atoms with E-state index in [9.17, 15) is 4.79 Å². The molecule has 1 fully saturated rings. The lowest BCUT2D eigenvalue weighted by molar-refractivity contribution is 0.0681. The van der Waals surface area contributed by atoms with Gasteiger partial charge in [0.15, 0.2) is 0 Å². The van der Waals surface area contributed by atoms with Crippen molar-refractivity contribution < 1.29 is 14.3 Å². The SMILES string of the molecule is Cc1ccc(NC(=O)c2cc(Br)ccc2Cl)c(OCC2CCCO2)c1. The van der Waals surface area contributed by atoms with E-state index in [0.29, 0.717) is 28.6 Å². The lowest BCUT2D eigenvalue weighted by atomic mass is 10.1. The van der Waals surface area contributed by atoms with Crippen LogP contribution in [0.4, 0.5) is 5.69 Å². The van der Waals surface area contributed by atoms with Crippen molar-refractivity contribution in [2.24, 2.45) is 0 Å². The van der Waals surface area contributed by atoms with Crippen LogP contribution in [-0.4, -0.2) is 25.2 Å². The lowest BCUT2D eigenvalue weighted by Gasteiger charge is -2.16. The first-order chi connectivity index (χ1) is 12.0. The molecule has 0 radical (unpaired) electrons. The van der Waals surface area contributed by atoms with Crippen LogP contribution in [-0.2, 0) is 4.74 Å². The Morgan fingerprint density at radius 3 is 2.96 bits per heavy atom. The molecule has 3 rings (SSSR count). The van der Waals surface area contributed by atoms with Gasteiger partial charge in [-0.3, -0.25) is 4.79 Å². The van der Waals surface area contributed by atoms with E-state index < -0.39 is 0 Å². The molecule has 2 aromatic carbocycles. The molecule has 1 heterocycles. The number of aryl methyl sites for hydroxylation is 1. The summed E-state index contributed by atoms with van der Waals surface area (Å²) in [6.07, 6.45) is 2.18. The molecule has 1 unspecified atom stereocenters. The number of hydrogen-bond donors (Lipinski definition) is 1. The monoisotopic (exact) mass is 423 g/mol. The van der Waals surface area contributed by atoms with E-state index in [0.717, 1.165) is 29.5 Å². The standard InChI is InChI=1S/C19H19BrClNO3/c1-12-4-7-17(18(9-12)25-11-14-3-2-8-24-14)22-19(23)15-10-13(20)5-6-16(15)21/h4-7,9-10,14H,2-3,8,11H2,1H3,(H,22,23). The van der Waals surface area contributed by atoms with Gasteiger partial charge in [0, 0.05) is 11.1 Å². The summed E-state index contributed by atoms with van der Waals surface area (Å²) in [5.74, 6) is 0.354. The summed E-state index contributed by atoms with van der Waals surface area (Å²) in [5, 5.41) is 3.29. The van der Waals surface area contributed by atoms with Crippen LogP contribution in [0.5, 0.6) is 5.75 Å². The van der Waals surface area contributed by atoms with Crippen LogP contribution < -0.4 is 10.1 Å². The Balaban J connectivity index is 1.76. The fraction of sp³-hybridized carbons (Fsp3) is 0.316. The fourth-order valence-corrected chi connectivity index (χ4v) is 3.24. The zero-order valence-corrected chi connectivity index (χ0v) is 16.2. The average Bonchev–Trinajstić information content (AvgIpc) is 3.10. The summed E-state index contributed by atoms with van der Waals surface area (Å²) >= 11 is 9.50. The van der Waals surface area contributed by atoms with Crippen LogP contribution >= 0.6 is 27.5 Å². The minimum absolute atomic E-state index is 0.114. The van der Waals surface area contributed by atoms with E-state index in [1.807, 2.05) is 25.1 Å². The van der Waals surface area contributed by atoms with Crippen LogP contribution in [0.3, 0.4) is 0 Å². The normalized spacial score (nSPS) is 16.7. The summed E-state index contributed by atoms with van der Waals surface area (Å²) < 4.78 is 12.3. The molecule has 0 bridgehead atoms. The second kappa shape index (κ2) is 8.21. The number of ether oxygens (including phenoxy) is 2. The van der Waals surface area contributed by atoms with Gasteiger partial charge in [-0.2, -0.15) is 0 Å². The number of amides is 1. The Morgan fingerprint density at radius 1 is 1.36 bits per heavy atom. The molecule has 6 heteroatoms. The zero-order valence-electron chi connectivity index (χ0n) is 13.9. The fourth-order valence-electron chi connectivity index (χ4n) is 2.67. The van der Waals surface area contributed by atoms with Crippen molar-refractivity contribution in [1.82, 2.24) is 0 Å². The highest BCUT2D eigenvalue weighted by Gasteiger charge is 2.18. The third-order valence-corrected chi connectivity index (χ3v) is 4.83. The molecular weight excluding hydrogens is 406 g/mol. The quantitative estimate of drug-likeness (QED) is 0.716. The smallest absolute Gasteiger partial charge is 0.257 e. The van der Waals surface area contributed by atoms with Gasteiger partial charge in [0.2, 0.25) is 0 Å². The molecule has 25 heavy (non-hydrogen) atoms. The summed E-state index contributed by atoms with van der Waals surface area (Å²) in [6.45, 7) is 3.24. The van der Waals surface area contributed by atoms with Gasteiger partial charge in [-0.05, 0) is 55.7 Å². The second-order valence-corrected chi connectivity index (χ2v) is 7.35. The predicted octanol–water partition coefficient (Wildman–Crippen LogP) is 5.22. The lowest BCUT2D eigenvalue weighted by Crippen LogP contribution is -2.18. The van der Waals surface area contributed by atoms with Gasteiger partial charge in [0.1, 0.15) is 12.4 Å². The van der Waals surface area contributed by atoms with Crippen LogP contribution in [0.2, 0.25) is 5.02 Å². The van der Waals surface area contributed by atoms with Crippen molar-refractivity contribution in [1.29, 1.82) is 0 Å². The highest BCUT2D eigenvalue weighted by Crippen LogP contribution is 2.29. The van der Waals surface area contributed by atoms with Crippen molar-refractivity contribution in [2.75, 3.05) is 18.5 Å². The minimum Gasteiger partial charge on any atom is -0.489 e. The maximum atomic E-state index is 12.6. The van der Waals surface area contributed by atoms with Gasteiger partial charge in [0.05, 0.1) is 22.4 Å². The Hall–Kier alpha value is -1.56. The van der Waals surface area contributed by atoms with Crippen molar-refractivity contribution in [3.63, 3.8) is 0 Å². The molecular formula is C19H19BrClNO3. The Labute approximate surface area is 160 Å². The number of carbonyl (C=O) groups is 1. The van der Waals surface area contributed by atoms with Crippen LogP contribution in [0, 0.1) is 6.92 Å². The van der Waals surface area contributed by atoms with E-state index >= 15 is 0 Å². The first-order valence-corrected chi connectivity index (χ1v) is 9.31. The number of nitrogens with one attached hydrogen (secondary N) is 1. The maximum Gasteiger partial charge on any atom is 0.257 e. The molecule has 0 spiro atoms. The van der Waals surface area contributed by atoms with Crippen molar-refractivity contribution in [3.05, 3.63) is 57.0 Å². The molecule has 0 aliphatic carbocycles. The van der Waals surface area contributed by atoms with Crippen LogP contribution in [0.25, 0.3) is 0 Å². The number of anilines is 1. The van der Waals surface area contributed by atoms with Gasteiger partial charge in [0.25, 0.3) is 5.91 Å². The molecule has 1 atom stereocenters. The third-order valence-electron chi connectivity index (χ3n) is 4.01. The molecule has 132 valence electrons. The number of benzene rings is 2. The molecule has 1 aliphatic heterocycles. The molecule has 0 aromatic heterocycles. The van der Waals surface area contributed by atoms with Gasteiger partial charge >= 0.3 is 0 Å². The summed E-state index contributed by atoms with van der Waals surface area (Å²) in [4.78, 5) is 12.6. The topological polar surface area (TPSA) is 47.6 Å². The maximum absolute atomic E-state index is 12.6. The first kappa shape index (κ1) is 18.2. The number of halogens is 2. The Kier molecular flexibility index (Phi) is 5.99. The van der Waals surface area contributed by atoms with Crippen LogP contribution in [0.15, 0.2) is 40.9 Å². The van der Waals surface area contributed by atoms with Gasteiger partial charge in [-0.15, -0.1) is 0 Å². The zero-order chi connectivity index (χ0) is 17.8. The summed E-state index contributed by atoms with van der Waals surface area (Å²) in [5.41, 5.74) is 2.08. The van der Waals surface area contributed by atoms with E-state index in [-0.39, 0.29) is 12.0 Å². The molecule has 1 amide bonds. The predicted molar refractivity (Wildman–Crippen MR) is 103 cm³/mol. The minimum atomic E-state index is -0.280. The second-order valence-electron chi connectivity index (χ2n) is 6.02. The summed E-state index contributed by atoms with van der Waals surface area (Å²) in [7, 11) is 0. The van der Waals surface area contributed by atoms with E-state index in [1.54, 1.807) is 18.2 Å². The van der Waals surface area contributed by atoms with Gasteiger partial charge in [-0.25, -0.2) is 0 Å². The summed E-state index contributed by atoms with van der Waals surface area (Å²) in [6, 6.07) is 10.8. The van der Waals surface area contributed by atoms with Crippen LogP contribution in [0.1, 0.15) is 28.8 Å². The number of carbonyl (C=O) groups excluding carboxylic acids is 1. The first-order valence-electron chi connectivity index (χ1n) is 8.14. The third kappa shape index (κ3) is 4.75. The highest BCUT2D eigenvalue weighted by molar-refractivity contribution is 9.10. The van der Waals surface area contributed by atoms with Crippen molar-refractivity contribution >= 4 is 39.1 Å². The number of rotatable bonds is 5. The molecule has 2 aromatic rings. The van der Waals surface area contributed by atoms with Crippen molar-refractivity contribution in [3.8, 4) is 5.75 Å². The van der Waals surface area contributed by atoms with Gasteiger partial charge in [-0.1, -0.05) is 33.6 Å². The van der Waals surface area contributed by atoms with E-state index in [2.05, 4.69) is 21.2 Å². The molecule has 0 saturated carbocycles. The largest absolute Gasteiger partial charge is 0.489 e. The van der Waals surface area contributed by atoms with Gasteiger partial charge < -0.3 is 14.8 Å². The Bertz CT molecular complexity index is 775. The van der Waals surface area contributed by atoms with E-state index in [1.165, 1.54) is 0 Å². The number of hydrogen-bond acceptors (Lipinski definition) is 3. The van der Waals surface area contributed by atoms with E-state index in [4.69, 9.17) is 21.1 Å². The highest BCUT2D eigenvalue weighted by atomic mass is 79.9. The molecule has 1 N–H and O–H groups in total. The Morgan fingerprint density at radius 2 is 2.20 bits per heavy atom. The van der Waals surface area contributed by atoms with Crippen molar-refractivity contribution in [2.45, 2.75) is 25.9 Å². The molecule has 4 nitrogen and oxygen atoms in total. The average molecular weight is 425 g/mol.